The molecule has 1 unspecified atom stereocenters. The average molecular weight is 224 g/mol. The third-order valence-electron chi connectivity index (χ3n) is 2.58. The van der Waals surface area contributed by atoms with E-state index in [0.717, 1.165) is 31.0 Å². The lowest BCUT2D eigenvalue weighted by atomic mass is 10.0. The maximum atomic E-state index is 8.88. The van der Waals surface area contributed by atoms with Crippen LogP contribution in [0.25, 0.3) is 0 Å². The standard InChI is InChI=1S/C11H20N4O/c1-3-9(4-5-16)6-14-11-8-13-7-10(12-2)15-11/h7-9,16H,3-6H2,1-2H3,(H2,12,14,15). The summed E-state index contributed by atoms with van der Waals surface area (Å²) >= 11 is 0. The molecule has 1 aromatic heterocycles. The highest BCUT2D eigenvalue weighted by molar-refractivity contribution is 5.40. The lowest BCUT2D eigenvalue weighted by Gasteiger charge is -2.14. The van der Waals surface area contributed by atoms with Crippen LogP contribution < -0.4 is 10.6 Å². The monoisotopic (exact) mass is 224 g/mol. The fourth-order valence-corrected chi connectivity index (χ4v) is 1.45. The Kier molecular flexibility index (Phi) is 5.56. The van der Waals surface area contributed by atoms with Gasteiger partial charge in [-0.1, -0.05) is 13.3 Å². The van der Waals surface area contributed by atoms with Gasteiger partial charge in [0.25, 0.3) is 0 Å². The third-order valence-corrected chi connectivity index (χ3v) is 2.58. The molecule has 0 aliphatic carbocycles. The van der Waals surface area contributed by atoms with Gasteiger partial charge >= 0.3 is 0 Å². The van der Waals surface area contributed by atoms with E-state index in [4.69, 9.17) is 5.11 Å². The van der Waals surface area contributed by atoms with Crippen molar-refractivity contribution in [1.29, 1.82) is 0 Å². The first-order valence-corrected chi connectivity index (χ1v) is 5.64. The average Bonchev–Trinajstić information content (AvgIpc) is 2.34. The first kappa shape index (κ1) is 12.7. The van der Waals surface area contributed by atoms with E-state index in [1.165, 1.54) is 0 Å². The second-order valence-electron chi connectivity index (χ2n) is 3.71. The molecule has 5 heteroatoms. The fraction of sp³-hybridized carbons (Fsp3) is 0.636. The lowest BCUT2D eigenvalue weighted by molar-refractivity contribution is 0.258. The molecule has 0 amide bonds. The van der Waals surface area contributed by atoms with Crippen molar-refractivity contribution in [3.05, 3.63) is 12.4 Å². The summed E-state index contributed by atoms with van der Waals surface area (Å²) in [5, 5.41) is 15.1. The molecular formula is C11H20N4O. The van der Waals surface area contributed by atoms with Crippen LogP contribution >= 0.6 is 0 Å². The summed E-state index contributed by atoms with van der Waals surface area (Å²) in [6.45, 7) is 3.18. The molecule has 1 heterocycles. The van der Waals surface area contributed by atoms with Gasteiger partial charge in [0.05, 0.1) is 12.4 Å². The largest absolute Gasteiger partial charge is 0.396 e. The molecule has 0 aromatic carbocycles. The van der Waals surface area contributed by atoms with Crippen molar-refractivity contribution in [1.82, 2.24) is 9.97 Å². The van der Waals surface area contributed by atoms with E-state index >= 15 is 0 Å². The smallest absolute Gasteiger partial charge is 0.146 e. The zero-order valence-corrected chi connectivity index (χ0v) is 9.90. The summed E-state index contributed by atoms with van der Waals surface area (Å²) in [6, 6.07) is 0. The van der Waals surface area contributed by atoms with E-state index in [9.17, 15) is 0 Å². The minimum absolute atomic E-state index is 0.239. The highest BCUT2D eigenvalue weighted by Gasteiger charge is 2.05. The van der Waals surface area contributed by atoms with Crippen LogP contribution in [0, 0.1) is 5.92 Å². The Bertz CT molecular complexity index is 306. The zero-order chi connectivity index (χ0) is 11.8. The Morgan fingerprint density at radius 3 is 2.75 bits per heavy atom. The van der Waals surface area contributed by atoms with Crippen LogP contribution in [0.1, 0.15) is 19.8 Å². The SMILES string of the molecule is CCC(CCO)CNc1cncc(NC)n1. The van der Waals surface area contributed by atoms with Crippen LogP contribution in [0.5, 0.6) is 0 Å². The number of anilines is 2. The number of hydrogen-bond acceptors (Lipinski definition) is 5. The van der Waals surface area contributed by atoms with Crippen molar-refractivity contribution in [3.8, 4) is 0 Å². The zero-order valence-electron chi connectivity index (χ0n) is 9.90. The lowest BCUT2D eigenvalue weighted by Crippen LogP contribution is -2.16. The van der Waals surface area contributed by atoms with Crippen LogP contribution in [-0.2, 0) is 0 Å². The van der Waals surface area contributed by atoms with Gasteiger partial charge in [0, 0.05) is 20.2 Å². The number of aliphatic hydroxyl groups is 1. The van der Waals surface area contributed by atoms with Crippen LogP contribution in [-0.4, -0.2) is 35.3 Å². The number of nitrogens with one attached hydrogen (secondary N) is 2. The normalized spacial score (nSPS) is 12.2. The predicted octanol–water partition coefficient (Wildman–Crippen LogP) is 1.34. The molecule has 0 saturated heterocycles. The molecule has 90 valence electrons. The van der Waals surface area contributed by atoms with E-state index in [0.29, 0.717) is 5.92 Å². The molecule has 1 rings (SSSR count). The second-order valence-corrected chi connectivity index (χ2v) is 3.71. The molecule has 0 fully saturated rings. The van der Waals surface area contributed by atoms with E-state index < -0.39 is 0 Å². The summed E-state index contributed by atoms with van der Waals surface area (Å²) < 4.78 is 0. The van der Waals surface area contributed by atoms with Gasteiger partial charge in [0.2, 0.25) is 0 Å². The number of aromatic nitrogens is 2. The first-order valence-electron chi connectivity index (χ1n) is 5.64. The van der Waals surface area contributed by atoms with Crippen LogP contribution in [0.15, 0.2) is 12.4 Å². The Hall–Kier alpha value is -1.36. The van der Waals surface area contributed by atoms with Crippen molar-refractivity contribution in [3.63, 3.8) is 0 Å². The molecule has 5 nitrogen and oxygen atoms in total. The van der Waals surface area contributed by atoms with Crippen LogP contribution in [0.2, 0.25) is 0 Å². The molecule has 0 aliphatic rings. The minimum Gasteiger partial charge on any atom is -0.396 e. The highest BCUT2D eigenvalue weighted by Crippen LogP contribution is 2.10. The molecule has 0 bridgehead atoms. The van der Waals surface area contributed by atoms with Crippen molar-refractivity contribution in [2.45, 2.75) is 19.8 Å². The van der Waals surface area contributed by atoms with Gasteiger partial charge in [-0.2, -0.15) is 0 Å². The van der Waals surface area contributed by atoms with Gasteiger partial charge in [-0.15, -0.1) is 0 Å². The maximum Gasteiger partial charge on any atom is 0.146 e. The Balaban J connectivity index is 2.46. The number of nitrogens with zero attached hydrogens (tertiary/aromatic N) is 2. The first-order chi connectivity index (χ1) is 7.80. The molecule has 0 spiro atoms. The van der Waals surface area contributed by atoms with Gasteiger partial charge in [-0.05, 0) is 12.3 Å². The summed E-state index contributed by atoms with van der Waals surface area (Å²) in [5.74, 6) is 1.99. The highest BCUT2D eigenvalue weighted by atomic mass is 16.3. The Labute approximate surface area is 96.3 Å². The second kappa shape index (κ2) is 7.00. The topological polar surface area (TPSA) is 70.1 Å². The van der Waals surface area contributed by atoms with Gasteiger partial charge in [0.1, 0.15) is 11.6 Å². The number of aliphatic hydroxyl groups excluding tert-OH is 1. The van der Waals surface area contributed by atoms with Gasteiger partial charge < -0.3 is 15.7 Å². The van der Waals surface area contributed by atoms with Crippen molar-refractivity contribution >= 4 is 11.6 Å². The van der Waals surface area contributed by atoms with Crippen LogP contribution in [0.3, 0.4) is 0 Å². The molecule has 0 saturated carbocycles. The van der Waals surface area contributed by atoms with E-state index in [-0.39, 0.29) is 6.61 Å². The van der Waals surface area contributed by atoms with Crippen molar-refractivity contribution in [2.75, 3.05) is 30.8 Å². The maximum absolute atomic E-state index is 8.88. The fourth-order valence-electron chi connectivity index (χ4n) is 1.45. The minimum atomic E-state index is 0.239. The summed E-state index contributed by atoms with van der Waals surface area (Å²) in [5.41, 5.74) is 0. The molecule has 0 aliphatic heterocycles. The number of hydrogen-bond donors (Lipinski definition) is 3. The molecule has 1 aromatic rings. The summed E-state index contributed by atoms with van der Waals surface area (Å²) in [6.07, 6.45) is 5.25. The molecule has 0 radical (unpaired) electrons. The van der Waals surface area contributed by atoms with Crippen molar-refractivity contribution < 1.29 is 5.11 Å². The summed E-state index contributed by atoms with van der Waals surface area (Å²) in [4.78, 5) is 8.38. The molecule has 1 atom stereocenters. The summed E-state index contributed by atoms with van der Waals surface area (Å²) in [7, 11) is 1.81. The van der Waals surface area contributed by atoms with Gasteiger partial charge in [-0.25, -0.2) is 4.98 Å². The Morgan fingerprint density at radius 2 is 2.12 bits per heavy atom. The van der Waals surface area contributed by atoms with E-state index in [1.54, 1.807) is 12.4 Å². The Morgan fingerprint density at radius 1 is 1.38 bits per heavy atom. The molecule has 16 heavy (non-hydrogen) atoms. The quantitative estimate of drug-likeness (QED) is 0.652. The van der Waals surface area contributed by atoms with Crippen LogP contribution in [0.4, 0.5) is 11.6 Å². The number of rotatable bonds is 7. The molecule has 3 N–H and O–H groups in total. The van der Waals surface area contributed by atoms with E-state index in [2.05, 4.69) is 27.5 Å². The third kappa shape index (κ3) is 4.02. The van der Waals surface area contributed by atoms with E-state index in [1.807, 2.05) is 7.05 Å². The van der Waals surface area contributed by atoms with Gasteiger partial charge in [-0.3, -0.25) is 4.98 Å². The van der Waals surface area contributed by atoms with Crippen molar-refractivity contribution in [2.24, 2.45) is 5.92 Å². The van der Waals surface area contributed by atoms with Gasteiger partial charge in [0.15, 0.2) is 0 Å². The molecular weight excluding hydrogens is 204 g/mol. The predicted molar refractivity (Wildman–Crippen MR) is 65.6 cm³/mol.